The first-order valence-corrected chi connectivity index (χ1v) is 7.79. The van der Waals surface area contributed by atoms with Crippen LogP contribution in [0.25, 0.3) is 0 Å². The van der Waals surface area contributed by atoms with E-state index in [2.05, 4.69) is 30.7 Å². The van der Waals surface area contributed by atoms with E-state index in [0.29, 0.717) is 12.6 Å². The molecular formula is C18H25FN2. The molecule has 2 nitrogen and oxygen atoms in total. The van der Waals surface area contributed by atoms with E-state index in [0.717, 1.165) is 23.6 Å². The minimum absolute atomic E-state index is 0.242. The fourth-order valence-corrected chi connectivity index (χ4v) is 3.29. The van der Waals surface area contributed by atoms with Crippen molar-refractivity contribution < 1.29 is 4.39 Å². The van der Waals surface area contributed by atoms with Gasteiger partial charge in [0, 0.05) is 18.2 Å². The molecule has 0 heterocycles. The largest absolute Gasteiger partial charge is 0.320 e. The smallest absolute Gasteiger partial charge is 0.124 e. The number of halogens is 1. The van der Waals surface area contributed by atoms with Crippen LogP contribution < -0.4 is 5.73 Å². The molecule has 2 unspecified atom stereocenters. The second-order valence-electron chi connectivity index (χ2n) is 6.05. The molecule has 0 saturated heterocycles. The molecule has 1 aliphatic carbocycles. The van der Waals surface area contributed by atoms with Crippen molar-refractivity contribution in [3.8, 4) is 11.8 Å². The third kappa shape index (κ3) is 4.30. The highest BCUT2D eigenvalue weighted by atomic mass is 19.1. The van der Waals surface area contributed by atoms with Gasteiger partial charge in [0.1, 0.15) is 5.82 Å². The summed E-state index contributed by atoms with van der Waals surface area (Å²) < 4.78 is 13.4. The summed E-state index contributed by atoms with van der Waals surface area (Å²) in [7, 11) is 2.16. The summed E-state index contributed by atoms with van der Waals surface area (Å²) in [6.45, 7) is 3.44. The van der Waals surface area contributed by atoms with E-state index >= 15 is 0 Å². The van der Waals surface area contributed by atoms with E-state index < -0.39 is 0 Å². The highest BCUT2D eigenvalue weighted by Gasteiger charge is 2.25. The molecule has 21 heavy (non-hydrogen) atoms. The van der Waals surface area contributed by atoms with Gasteiger partial charge in [0.2, 0.25) is 0 Å². The molecule has 2 rings (SSSR count). The highest BCUT2D eigenvalue weighted by molar-refractivity contribution is 5.42. The molecule has 2 atom stereocenters. The van der Waals surface area contributed by atoms with Gasteiger partial charge in [-0.05, 0) is 43.5 Å². The van der Waals surface area contributed by atoms with E-state index in [9.17, 15) is 4.39 Å². The quantitative estimate of drug-likeness (QED) is 0.866. The number of benzene rings is 1. The van der Waals surface area contributed by atoms with Gasteiger partial charge in [-0.15, -0.1) is 0 Å². The Bertz CT molecular complexity index is 530. The SMILES string of the molecule is CC1CCCCC1N(C)Cc1ccc(F)cc1C#CCN. The number of nitrogens with two attached hydrogens (primary N) is 1. The van der Waals surface area contributed by atoms with Crippen molar-refractivity contribution in [1.29, 1.82) is 0 Å². The van der Waals surface area contributed by atoms with E-state index in [1.54, 1.807) is 0 Å². The van der Waals surface area contributed by atoms with Crippen LogP contribution in [0.4, 0.5) is 4.39 Å². The maximum atomic E-state index is 13.4. The van der Waals surface area contributed by atoms with Crippen LogP contribution in [-0.4, -0.2) is 24.5 Å². The number of nitrogens with zero attached hydrogens (tertiary/aromatic N) is 1. The molecule has 1 aliphatic rings. The lowest BCUT2D eigenvalue weighted by Crippen LogP contribution is -2.38. The van der Waals surface area contributed by atoms with Crippen LogP contribution in [0.5, 0.6) is 0 Å². The minimum Gasteiger partial charge on any atom is -0.320 e. The highest BCUT2D eigenvalue weighted by Crippen LogP contribution is 2.28. The summed E-state index contributed by atoms with van der Waals surface area (Å²) in [4.78, 5) is 2.39. The maximum Gasteiger partial charge on any atom is 0.124 e. The number of hydrogen-bond donors (Lipinski definition) is 1. The van der Waals surface area contributed by atoms with Crippen LogP contribution in [0.15, 0.2) is 18.2 Å². The Morgan fingerprint density at radius 1 is 1.33 bits per heavy atom. The number of rotatable bonds is 3. The van der Waals surface area contributed by atoms with E-state index in [4.69, 9.17) is 5.73 Å². The molecule has 0 aromatic heterocycles. The molecular weight excluding hydrogens is 263 g/mol. The predicted molar refractivity (Wildman–Crippen MR) is 85.2 cm³/mol. The molecule has 2 N–H and O–H groups in total. The molecule has 0 spiro atoms. The van der Waals surface area contributed by atoms with Crippen molar-refractivity contribution in [3.63, 3.8) is 0 Å². The molecule has 0 bridgehead atoms. The van der Waals surface area contributed by atoms with Crippen molar-refractivity contribution in [2.75, 3.05) is 13.6 Å². The monoisotopic (exact) mass is 288 g/mol. The third-order valence-corrected chi connectivity index (χ3v) is 4.45. The molecule has 0 radical (unpaired) electrons. The first-order chi connectivity index (χ1) is 10.1. The van der Waals surface area contributed by atoms with Gasteiger partial charge in [0.05, 0.1) is 6.54 Å². The Hall–Kier alpha value is -1.37. The zero-order chi connectivity index (χ0) is 15.2. The number of hydrogen-bond acceptors (Lipinski definition) is 2. The van der Waals surface area contributed by atoms with Crippen LogP contribution in [0.2, 0.25) is 0 Å². The fraction of sp³-hybridized carbons (Fsp3) is 0.556. The Morgan fingerprint density at radius 3 is 2.81 bits per heavy atom. The van der Waals surface area contributed by atoms with Gasteiger partial charge >= 0.3 is 0 Å². The minimum atomic E-state index is -0.242. The molecule has 1 aromatic rings. The van der Waals surface area contributed by atoms with Crippen molar-refractivity contribution in [2.45, 2.75) is 45.2 Å². The van der Waals surface area contributed by atoms with Gasteiger partial charge in [0.15, 0.2) is 0 Å². The van der Waals surface area contributed by atoms with E-state index in [-0.39, 0.29) is 5.82 Å². The first-order valence-electron chi connectivity index (χ1n) is 7.79. The Morgan fingerprint density at radius 2 is 2.10 bits per heavy atom. The molecule has 1 fully saturated rings. The standard InChI is InChI=1S/C18H25FN2/c1-14-6-3-4-8-18(14)21(2)13-16-9-10-17(19)12-15(16)7-5-11-20/h9-10,12,14,18H,3-4,6,8,11,13,20H2,1-2H3. The zero-order valence-electron chi connectivity index (χ0n) is 13.0. The second kappa shape index (κ2) is 7.59. The topological polar surface area (TPSA) is 29.3 Å². The van der Waals surface area contributed by atoms with Crippen molar-refractivity contribution in [1.82, 2.24) is 4.90 Å². The summed E-state index contributed by atoms with van der Waals surface area (Å²) in [6, 6.07) is 5.48. The average Bonchev–Trinajstić information content (AvgIpc) is 2.47. The van der Waals surface area contributed by atoms with E-state index in [1.807, 2.05) is 6.07 Å². The predicted octanol–water partition coefficient (Wildman–Crippen LogP) is 3.15. The molecule has 0 aliphatic heterocycles. The summed E-state index contributed by atoms with van der Waals surface area (Å²) >= 11 is 0. The molecule has 0 amide bonds. The van der Waals surface area contributed by atoms with Crippen LogP contribution in [0.1, 0.15) is 43.7 Å². The summed E-state index contributed by atoms with van der Waals surface area (Å²) in [5.41, 5.74) is 7.26. The first kappa shape index (κ1) is 16.0. The lowest BCUT2D eigenvalue weighted by molar-refractivity contribution is 0.133. The lowest BCUT2D eigenvalue weighted by Gasteiger charge is -2.36. The van der Waals surface area contributed by atoms with Crippen LogP contribution >= 0.6 is 0 Å². The normalized spacial score (nSPS) is 22.0. The van der Waals surface area contributed by atoms with Crippen molar-refractivity contribution in [3.05, 3.63) is 35.1 Å². The second-order valence-corrected chi connectivity index (χ2v) is 6.05. The third-order valence-electron chi connectivity index (χ3n) is 4.45. The maximum absolute atomic E-state index is 13.4. The van der Waals surface area contributed by atoms with Crippen molar-refractivity contribution >= 4 is 0 Å². The van der Waals surface area contributed by atoms with Crippen LogP contribution in [0.3, 0.4) is 0 Å². The van der Waals surface area contributed by atoms with Gasteiger partial charge < -0.3 is 5.73 Å². The lowest BCUT2D eigenvalue weighted by atomic mass is 9.85. The Labute approximate surface area is 127 Å². The van der Waals surface area contributed by atoms with Crippen LogP contribution in [0, 0.1) is 23.6 Å². The van der Waals surface area contributed by atoms with Gasteiger partial charge in [0.25, 0.3) is 0 Å². The Kier molecular flexibility index (Phi) is 5.78. The average molecular weight is 288 g/mol. The molecule has 1 aromatic carbocycles. The molecule has 1 saturated carbocycles. The van der Waals surface area contributed by atoms with Gasteiger partial charge in [-0.3, -0.25) is 4.90 Å². The molecule has 114 valence electrons. The Balaban J connectivity index is 2.14. The fourth-order valence-electron chi connectivity index (χ4n) is 3.29. The van der Waals surface area contributed by atoms with Gasteiger partial charge in [-0.2, -0.15) is 0 Å². The van der Waals surface area contributed by atoms with Gasteiger partial charge in [-0.25, -0.2) is 4.39 Å². The summed E-state index contributed by atoms with van der Waals surface area (Å²) in [5, 5.41) is 0. The molecule has 3 heteroatoms. The summed E-state index contributed by atoms with van der Waals surface area (Å²) in [6.07, 6.45) is 5.21. The van der Waals surface area contributed by atoms with Gasteiger partial charge in [-0.1, -0.05) is 37.7 Å². The summed E-state index contributed by atoms with van der Waals surface area (Å²) in [5.74, 6) is 6.30. The van der Waals surface area contributed by atoms with Crippen molar-refractivity contribution in [2.24, 2.45) is 11.7 Å². The van der Waals surface area contributed by atoms with E-state index in [1.165, 1.54) is 37.8 Å². The zero-order valence-corrected chi connectivity index (χ0v) is 13.0. The van der Waals surface area contributed by atoms with Crippen LogP contribution in [-0.2, 0) is 6.54 Å².